The zero-order chi connectivity index (χ0) is 21.4. The van der Waals surface area contributed by atoms with Gasteiger partial charge in [-0.15, -0.1) is 0 Å². The SMILES string of the molecule is Cc1n([C@@H]2CC[C@H](C(C(N)=O)(c3ccccc3)c3ccccc3)C2)cc[n+]1CC1CC1.[Br-]. The molecule has 0 unspecified atom stereocenters. The molecule has 2 aromatic carbocycles. The molecule has 1 amide bonds. The number of primary amides is 1. The normalized spacial score (nSPS) is 20.7. The Bertz CT molecular complexity index is 1020. The lowest BCUT2D eigenvalue weighted by atomic mass is 9.64. The van der Waals surface area contributed by atoms with E-state index in [0.29, 0.717) is 6.04 Å². The van der Waals surface area contributed by atoms with Gasteiger partial charge in [-0.25, -0.2) is 9.13 Å². The van der Waals surface area contributed by atoms with Gasteiger partial charge in [0.15, 0.2) is 0 Å². The molecule has 5 rings (SSSR count). The highest BCUT2D eigenvalue weighted by molar-refractivity contribution is 5.91. The predicted molar refractivity (Wildman–Crippen MR) is 121 cm³/mol. The standard InChI is InChI=1S/C27H31N3O.BrH/c1-20-29(19-21-12-13-21)16-17-30(20)25-15-14-24(18-25)27(26(28)31,22-8-4-2-5-9-22)23-10-6-3-7-11-23;/h2-11,16-17,21,24-25H,12-15,18-19H2,1H3,(H-,28,31);1H/t24-,25+;/m0./s1. The van der Waals surface area contributed by atoms with E-state index in [1.807, 2.05) is 36.4 Å². The van der Waals surface area contributed by atoms with Crippen LogP contribution in [0.25, 0.3) is 0 Å². The molecule has 2 aliphatic rings. The smallest absolute Gasteiger partial charge is 0.253 e. The highest BCUT2D eigenvalue weighted by Crippen LogP contribution is 2.50. The second-order valence-corrected chi connectivity index (χ2v) is 9.42. The van der Waals surface area contributed by atoms with Crippen LogP contribution in [0, 0.1) is 18.8 Å². The minimum atomic E-state index is -0.803. The number of carbonyl (C=O) groups is 1. The van der Waals surface area contributed by atoms with E-state index < -0.39 is 5.41 Å². The van der Waals surface area contributed by atoms with Crippen LogP contribution >= 0.6 is 0 Å². The monoisotopic (exact) mass is 493 g/mol. The molecular formula is C27H32BrN3O. The van der Waals surface area contributed by atoms with Crippen LogP contribution < -0.4 is 27.3 Å². The van der Waals surface area contributed by atoms with E-state index in [0.717, 1.165) is 42.9 Å². The van der Waals surface area contributed by atoms with Gasteiger partial charge in [0.05, 0.1) is 6.54 Å². The summed E-state index contributed by atoms with van der Waals surface area (Å²) in [6.45, 7) is 3.36. The Balaban J connectivity index is 0.00000245. The van der Waals surface area contributed by atoms with E-state index in [1.165, 1.54) is 18.7 Å². The summed E-state index contributed by atoms with van der Waals surface area (Å²) in [5.41, 5.74) is 7.46. The first-order valence-electron chi connectivity index (χ1n) is 11.6. The second kappa shape index (κ2) is 9.22. The number of halogens is 1. The maximum Gasteiger partial charge on any atom is 0.253 e. The van der Waals surface area contributed by atoms with Crippen molar-refractivity contribution in [3.63, 3.8) is 0 Å². The van der Waals surface area contributed by atoms with Crippen molar-refractivity contribution >= 4 is 5.91 Å². The van der Waals surface area contributed by atoms with Gasteiger partial charge in [0.25, 0.3) is 5.82 Å². The van der Waals surface area contributed by atoms with E-state index in [1.54, 1.807) is 0 Å². The summed E-state index contributed by atoms with van der Waals surface area (Å²) >= 11 is 0. The average molecular weight is 494 g/mol. The molecule has 32 heavy (non-hydrogen) atoms. The van der Waals surface area contributed by atoms with Crippen molar-refractivity contribution in [2.45, 2.75) is 57.0 Å². The fourth-order valence-electron chi connectivity index (χ4n) is 5.80. The molecule has 5 heteroatoms. The maximum atomic E-state index is 13.3. The number of nitrogens with two attached hydrogens (primary N) is 1. The van der Waals surface area contributed by atoms with Crippen molar-refractivity contribution in [2.24, 2.45) is 17.6 Å². The van der Waals surface area contributed by atoms with Crippen LogP contribution in [-0.2, 0) is 16.8 Å². The van der Waals surface area contributed by atoms with E-state index in [9.17, 15) is 4.79 Å². The molecular weight excluding hydrogens is 462 g/mol. The fourth-order valence-corrected chi connectivity index (χ4v) is 5.80. The third-order valence-corrected chi connectivity index (χ3v) is 7.61. The number of hydrogen-bond donors (Lipinski definition) is 1. The van der Waals surface area contributed by atoms with Crippen LogP contribution in [0.4, 0.5) is 0 Å². The second-order valence-electron chi connectivity index (χ2n) is 9.42. The first kappa shape index (κ1) is 22.8. The molecule has 2 atom stereocenters. The molecule has 2 aliphatic carbocycles. The molecule has 4 nitrogen and oxygen atoms in total. The fraction of sp³-hybridized carbons (Fsp3) is 0.407. The summed E-state index contributed by atoms with van der Waals surface area (Å²) in [6, 6.07) is 20.7. The van der Waals surface area contributed by atoms with Gasteiger partial charge in [-0.2, -0.15) is 0 Å². The topological polar surface area (TPSA) is 51.9 Å². The largest absolute Gasteiger partial charge is 1.00 e. The number of imidazole rings is 1. The minimum Gasteiger partial charge on any atom is -1.00 e. The molecule has 1 aromatic heterocycles. The molecule has 0 aliphatic heterocycles. The van der Waals surface area contributed by atoms with Crippen LogP contribution in [0.1, 0.15) is 55.1 Å². The lowest BCUT2D eigenvalue weighted by Crippen LogP contribution is -3.00. The third-order valence-electron chi connectivity index (χ3n) is 7.61. The summed E-state index contributed by atoms with van der Waals surface area (Å²) in [5, 5.41) is 0. The summed E-state index contributed by atoms with van der Waals surface area (Å²) in [6.07, 6.45) is 10.2. The summed E-state index contributed by atoms with van der Waals surface area (Å²) in [4.78, 5) is 13.3. The highest BCUT2D eigenvalue weighted by Gasteiger charge is 2.51. The van der Waals surface area contributed by atoms with Crippen molar-refractivity contribution in [1.29, 1.82) is 0 Å². The zero-order valence-electron chi connectivity index (χ0n) is 18.7. The van der Waals surface area contributed by atoms with E-state index in [-0.39, 0.29) is 28.8 Å². The number of hydrogen-bond acceptors (Lipinski definition) is 1. The zero-order valence-corrected chi connectivity index (χ0v) is 20.2. The van der Waals surface area contributed by atoms with Gasteiger partial charge in [0, 0.05) is 6.92 Å². The molecule has 2 N–H and O–H groups in total. The Morgan fingerprint density at radius 1 is 1.00 bits per heavy atom. The first-order valence-corrected chi connectivity index (χ1v) is 11.6. The van der Waals surface area contributed by atoms with Gasteiger partial charge in [0.2, 0.25) is 5.91 Å². The van der Waals surface area contributed by atoms with Gasteiger partial charge in [0.1, 0.15) is 23.9 Å². The van der Waals surface area contributed by atoms with Crippen molar-refractivity contribution in [3.05, 3.63) is 90.0 Å². The van der Waals surface area contributed by atoms with Crippen molar-refractivity contribution in [1.82, 2.24) is 4.57 Å². The molecule has 0 radical (unpaired) electrons. The number of nitrogens with zero attached hydrogens (tertiary/aromatic N) is 2. The Morgan fingerprint density at radius 2 is 1.59 bits per heavy atom. The Morgan fingerprint density at radius 3 is 2.12 bits per heavy atom. The van der Waals surface area contributed by atoms with E-state index >= 15 is 0 Å². The van der Waals surface area contributed by atoms with Gasteiger partial charge in [-0.05, 0) is 55.1 Å². The number of benzene rings is 2. The van der Waals surface area contributed by atoms with Crippen LogP contribution in [0.3, 0.4) is 0 Å². The Kier molecular flexibility index (Phi) is 6.57. The number of amides is 1. The quantitative estimate of drug-likeness (QED) is 0.495. The predicted octanol–water partition coefficient (Wildman–Crippen LogP) is 1.31. The molecule has 0 saturated heterocycles. The molecule has 3 aromatic rings. The lowest BCUT2D eigenvalue weighted by molar-refractivity contribution is -0.705. The first-order chi connectivity index (χ1) is 15.1. The van der Waals surface area contributed by atoms with Crippen molar-refractivity contribution in [2.75, 3.05) is 0 Å². The molecule has 2 saturated carbocycles. The van der Waals surface area contributed by atoms with Crippen LogP contribution in [0.5, 0.6) is 0 Å². The minimum absolute atomic E-state index is 0. The summed E-state index contributed by atoms with van der Waals surface area (Å²) in [7, 11) is 0. The van der Waals surface area contributed by atoms with Gasteiger partial charge in [-0.3, -0.25) is 4.79 Å². The molecule has 0 spiro atoms. The highest BCUT2D eigenvalue weighted by atomic mass is 79.9. The number of carbonyl (C=O) groups excluding carboxylic acids is 1. The summed E-state index contributed by atoms with van der Waals surface area (Å²) in [5.74, 6) is 2.10. The van der Waals surface area contributed by atoms with Gasteiger partial charge < -0.3 is 22.7 Å². The lowest BCUT2D eigenvalue weighted by Gasteiger charge is -2.37. The molecule has 0 bridgehead atoms. The molecule has 2 fully saturated rings. The van der Waals surface area contributed by atoms with E-state index in [2.05, 4.69) is 52.7 Å². The number of aromatic nitrogens is 2. The molecule has 168 valence electrons. The van der Waals surface area contributed by atoms with Crippen LogP contribution in [-0.4, -0.2) is 10.5 Å². The summed E-state index contributed by atoms with van der Waals surface area (Å²) < 4.78 is 4.84. The van der Waals surface area contributed by atoms with E-state index in [4.69, 9.17) is 5.73 Å². The Labute approximate surface area is 201 Å². The third kappa shape index (κ3) is 3.92. The average Bonchev–Trinajstić information content (AvgIpc) is 3.36. The van der Waals surface area contributed by atoms with Crippen molar-refractivity contribution in [3.8, 4) is 0 Å². The van der Waals surface area contributed by atoms with Crippen molar-refractivity contribution < 1.29 is 26.3 Å². The Hall–Kier alpha value is -2.40. The maximum absolute atomic E-state index is 13.3. The van der Waals surface area contributed by atoms with Gasteiger partial charge in [-0.1, -0.05) is 60.7 Å². The molecule has 1 heterocycles. The number of rotatable bonds is 7. The van der Waals surface area contributed by atoms with Crippen LogP contribution in [0.15, 0.2) is 73.1 Å². The van der Waals surface area contributed by atoms with Crippen LogP contribution in [0.2, 0.25) is 0 Å². The van der Waals surface area contributed by atoms with Gasteiger partial charge >= 0.3 is 0 Å².